The van der Waals surface area contributed by atoms with Crippen LogP contribution in [0.3, 0.4) is 0 Å². The Morgan fingerprint density at radius 2 is 1.93 bits per heavy atom. The molecule has 0 saturated heterocycles. The summed E-state index contributed by atoms with van der Waals surface area (Å²) >= 11 is 2.13. The standard InChI is InChI=1S/C9H7IN2O2/c1-4-2-5(10)3-6-7(4)11-9(14)12-8(6)13/h2-3H,1H3,(H2,11,12,13,14). The second-order valence-corrected chi connectivity index (χ2v) is 4.30. The molecule has 4 nitrogen and oxygen atoms in total. The van der Waals surface area contributed by atoms with Crippen molar-refractivity contribution in [2.45, 2.75) is 6.92 Å². The molecule has 0 bridgehead atoms. The number of halogens is 1. The van der Waals surface area contributed by atoms with Gasteiger partial charge in [0, 0.05) is 3.57 Å². The van der Waals surface area contributed by atoms with E-state index in [1.54, 1.807) is 6.07 Å². The molecule has 5 heteroatoms. The van der Waals surface area contributed by atoms with E-state index in [9.17, 15) is 9.59 Å². The van der Waals surface area contributed by atoms with Crippen LogP contribution >= 0.6 is 22.6 Å². The van der Waals surface area contributed by atoms with Crippen molar-refractivity contribution in [1.82, 2.24) is 9.97 Å². The van der Waals surface area contributed by atoms with E-state index in [2.05, 4.69) is 32.6 Å². The Morgan fingerprint density at radius 1 is 1.21 bits per heavy atom. The Hall–Kier alpha value is -1.11. The number of aromatic amines is 2. The molecule has 1 aromatic heterocycles. The van der Waals surface area contributed by atoms with Gasteiger partial charge < -0.3 is 4.98 Å². The molecule has 2 N–H and O–H groups in total. The van der Waals surface area contributed by atoms with Gasteiger partial charge in [-0.3, -0.25) is 9.78 Å². The van der Waals surface area contributed by atoms with Crippen LogP contribution in [0.25, 0.3) is 10.9 Å². The first kappa shape index (κ1) is 9.45. The van der Waals surface area contributed by atoms with Gasteiger partial charge >= 0.3 is 5.69 Å². The zero-order valence-electron chi connectivity index (χ0n) is 7.35. The summed E-state index contributed by atoms with van der Waals surface area (Å²) in [6, 6.07) is 3.66. The third-order valence-electron chi connectivity index (χ3n) is 2.01. The summed E-state index contributed by atoms with van der Waals surface area (Å²) in [7, 11) is 0. The first-order chi connectivity index (χ1) is 6.58. The van der Waals surface area contributed by atoms with E-state index in [0.29, 0.717) is 10.9 Å². The fraction of sp³-hybridized carbons (Fsp3) is 0.111. The number of fused-ring (bicyclic) bond motifs is 1. The molecule has 0 aliphatic rings. The largest absolute Gasteiger partial charge is 0.326 e. The summed E-state index contributed by atoms with van der Waals surface area (Å²) in [5.41, 5.74) is 0.700. The van der Waals surface area contributed by atoms with Gasteiger partial charge in [-0.1, -0.05) is 0 Å². The first-order valence-corrected chi connectivity index (χ1v) is 5.08. The molecule has 0 spiro atoms. The van der Waals surface area contributed by atoms with Crippen LogP contribution in [0.5, 0.6) is 0 Å². The number of aromatic nitrogens is 2. The molecule has 0 aliphatic heterocycles. The number of aryl methyl sites for hydroxylation is 1. The van der Waals surface area contributed by atoms with Crippen LogP contribution in [-0.4, -0.2) is 9.97 Å². The van der Waals surface area contributed by atoms with Gasteiger partial charge in [0.25, 0.3) is 5.56 Å². The fourth-order valence-electron chi connectivity index (χ4n) is 1.40. The van der Waals surface area contributed by atoms with Gasteiger partial charge in [-0.15, -0.1) is 0 Å². The molecule has 1 heterocycles. The lowest BCUT2D eigenvalue weighted by Crippen LogP contribution is -2.22. The van der Waals surface area contributed by atoms with Crippen molar-refractivity contribution >= 4 is 33.5 Å². The second-order valence-electron chi connectivity index (χ2n) is 3.05. The lowest BCUT2D eigenvalue weighted by Gasteiger charge is -2.01. The number of H-pyrrole nitrogens is 2. The predicted octanol–water partition coefficient (Wildman–Crippen LogP) is 1.13. The second kappa shape index (κ2) is 3.23. The van der Waals surface area contributed by atoms with E-state index in [0.717, 1.165) is 9.13 Å². The van der Waals surface area contributed by atoms with E-state index in [-0.39, 0.29) is 5.56 Å². The van der Waals surface area contributed by atoms with Gasteiger partial charge in [0.1, 0.15) is 0 Å². The van der Waals surface area contributed by atoms with Crippen LogP contribution in [0.4, 0.5) is 0 Å². The van der Waals surface area contributed by atoms with E-state index in [4.69, 9.17) is 0 Å². The minimum Gasteiger partial charge on any atom is -0.307 e. The van der Waals surface area contributed by atoms with Crippen LogP contribution in [0.2, 0.25) is 0 Å². The van der Waals surface area contributed by atoms with Crippen LogP contribution in [0.1, 0.15) is 5.56 Å². The summed E-state index contributed by atoms with van der Waals surface area (Å²) in [6.45, 7) is 1.86. The average Bonchev–Trinajstić information content (AvgIpc) is 2.07. The molecule has 1 aromatic carbocycles. The molecular formula is C9H7IN2O2. The molecule has 0 fully saturated rings. The Balaban J connectivity index is 3.10. The number of nitrogens with one attached hydrogen (secondary N) is 2. The maximum absolute atomic E-state index is 11.4. The normalized spacial score (nSPS) is 10.7. The molecule has 0 saturated carbocycles. The Kier molecular flexibility index (Phi) is 2.18. The van der Waals surface area contributed by atoms with Crippen molar-refractivity contribution in [3.63, 3.8) is 0 Å². The lowest BCUT2D eigenvalue weighted by molar-refractivity contribution is 1.08. The van der Waals surface area contributed by atoms with E-state index < -0.39 is 5.69 Å². The van der Waals surface area contributed by atoms with Gasteiger partial charge in [0.05, 0.1) is 10.9 Å². The van der Waals surface area contributed by atoms with Crippen LogP contribution < -0.4 is 11.2 Å². The fourth-order valence-corrected chi connectivity index (χ4v) is 2.18. The zero-order chi connectivity index (χ0) is 10.3. The van der Waals surface area contributed by atoms with Crippen LogP contribution in [0.15, 0.2) is 21.7 Å². The average molecular weight is 302 g/mol. The Labute approximate surface area is 92.5 Å². The minimum absolute atomic E-state index is 0.342. The summed E-state index contributed by atoms with van der Waals surface area (Å²) in [5, 5.41) is 0.522. The summed E-state index contributed by atoms with van der Waals surface area (Å²) in [6.07, 6.45) is 0. The molecule has 0 amide bonds. The zero-order valence-corrected chi connectivity index (χ0v) is 9.51. The van der Waals surface area contributed by atoms with Gasteiger partial charge in [0.2, 0.25) is 0 Å². The highest BCUT2D eigenvalue weighted by Crippen LogP contribution is 2.15. The number of rotatable bonds is 0. The molecule has 0 aliphatic carbocycles. The molecular weight excluding hydrogens is 295 g/mol. The van der Waals surface area contributed by atoms with E-state index >= 15 is 0 Å². The molecule has 14 heavy (non-hydrogen) atoms. The van der Waals surface area contributed by atoms with Gasteiger partial charge in [0.15, 0.2) is 0 Å². The van der Waals surface area contributed by atoms with Crippen molar-refractivity contribution in [2.24, 2.45) is 0 Å². The molecule has 72 valence electrons. The van der Waals surface area contributed by atoms with Gasteiger partial charge in [-0.25, -0.2) is 4.79 Å². The number of hydrogen-bond donors (Lipinski definition) is 2. The highest BCUT2D eigenvalue weighted by Gasteiger charge is 2.04. The van der Waals surface area contributed by atoms with Gasteiger partial charge in [-0.05, 0) is 47.2 Å². The van der Waals surface area contributed by atoms with Crippen molar-refractivity contribution < 1.29 is 0 Å². The maximum atomic E-state index is 11.4. The van der Waals surface area contributed by atoms with Crippen molar-refractivity contribution in [1.29, 1.82) is 0 Å². The number of benzene rings is 1. The van der Waals surface area contributed by atoms with E-state index in [1.165, 1.54) is 0 Å². The smallest absolute Gasteiger partial charge is 0.307 e. The summed E-state index contributed by atoms with van der Waals surface area (Å²) < 4.78 is 0.977. The maximum Gasteiger partial charge on any atom is 0.326 e. The van der Waals surface area contributed by atoms with E-state index in [1.807, 2.05) is 13.0 Å². The Bertz CT molecular complexity index is 612. The monoisotopic (exact) mass is 302 g/mol. The quantitative estimate of drug-likeness (QED) is 0.717. The number of hydrogen-bond acceptors (Lipinski definition) is 2. The van der Waals surface area contributed by atoms with Crippen molar-refractivity contribution in [2.75, 3.05) is 0 Å². The molecule has 0 atom stereocenters. The summed E-state index contributed by atoms with van der Waals surface area (Å²) in [5.74, 6) is 0. The lowest BCUT2D eigenvalue weighted by atomic mass is 10.1. The minimum atomic E-state index is -0.466. The third kappa shape index (κ3) is 1.47. The van der Waals surface area contributed by atoms with Crippen LogP contribution in [-0.2, 0) is 0 Å². The highest BCUT2D eigenvalue weighted by atomic mass is 127. The van der Waals surface area contributed by atoms with Gasteiger partial charge in [-0.2, -0.15) is 0 Å². The Morgan fingerprint density at radius 3 is 2.64 bits per heavy atom. The SMILES string of the molecule is Cc1cc(I)cc2c(=O)[nH]c(=O)[nH]c12. The molecule has 2 aromatic rings. The van der Waals surface area contributed by atoms with Crippen molar-refractivity contribution in [3.05, 3.63) is 42.1 Å². The summed E-state index contributed by atoms with van der Waals surface area (Å²) in [4.78, 5) is 27.3. The van der Waals surface area contributed by atoms with Crippen LogP contribution in [0, 0.1) is 10.5 Å². The predicted molar refractivity (Wildman–Crippen MR) is 62.6 cm³/mol. The third-order valence-corrected chi connectivity index (χ3v) is 2.63. The molecule has 0 unspecified atom stereocenters. The van der Waals surface area contributed by atoms with Crippen molar-refractivity contribution in [3.8, 4) is 0 Å². The topological polar surface area (TPSA) is 65.7 Å². The highest BCUT2D eigenvalue weighted by molar-refractivity contribution is 14.1. The molecule has 2 rings (SSSR count). The molecule has 0 radical (unpaired) electrons. The first-order valence-electron chi connectivity index (χ1n) is 4.00.